The number of nitrogens with zero attached hydrogens (tertiary/aromatic N) is 1. The number of benzene rings is 1. The Kier molecular flexibility index (Phi) is 5.41. The molecule has 2 rings (SSSR count). The minimum atomic E-state index is 0.0447. The fourth-order valence-corrected chi connectivity index (χ4v) is 1.79. The van der Waals surface area contributed by atoms with Crippen LogP contribution in [0.15, 0.2) is 35.3 Å². The maximum Gasteiger partial charge on any atom is 0.222 e. The third-order valence-electron chi connectivity index (χ3n) is 3.12. The zero-order chi connectivity index (χ0) is 14.2. The smallest absolute Gasteiger partial charge is 0.222 e. The molecule has 3 N–H and O–H groups in total. The minimum absolute atomic E-state index is 0.0447. The molecule has 0 saturated heterocycles. The lowest BCUT2D eigenvalue weighted by Crippen LogP contribution is -2.40. The predicted octanol–water partition coefficient (Wildman–Crippen LogP) is 1.02. The Hall–Kier alpha value is -2.04. The van der Waals surface area contributed by atoms with E-state index in [1.165, 1.54) is 12.8 Å². The number of amides is 1. The number of hydrogen-bond acceptors (Lipinski definition) is 2. The lowest BCUT2D eigenvalue weighted by atomic mass is 10.2. The van der Waals surface area contributed by atoms with Gasteiger partial charge in [-0.1, -0.05) is 30.3 Å². The first-order valence-corrected chi connectivity index (χ1v) is 7.06. The normalized spacial score (nSPS) is 14.8. The van der Waals surface area contributed by atoms with Crippen LogP contribution < -0.4 is 16.0 Å². The molecule has 5 nitrogen and oxygen atoms in total. The van der Waals surface area contributed by atoms with E-state index in [0.717, 1.165) is 11.5 Å². The molecule has 1 aromatic carbocycles. The van der Waals surface area contributed by atoms with Gasteiger partial charge in [0.15, 0.2) is 5.96 Å². The molecule has 20 heavy (non-hydrogen) atoms. The fourth-order valence-electron chi connectivity index (χ4n) is 1.79. The maximum atomic E-state index is 11.7. The molecule has 1 fully saturated rings. The van der Waals surface area contributed by atoms with Crippen molar-refractivity contribution in [2.75, 3.05) is 13.6 Å². The Morgan fingerprint density at radius 1 is 1.25 bits per heavy atom. The van der Waals surface area contributed by atoms with Crippen molar-refractivity contribution in [3.05, 3.63) is 35.9 Å². The van der Waals surface area contributed by atoms with E-state index in [4.69, 9.17) is 0 Å². The highest BCUT2D eigenvalue weighted by Crippen LogP contribution is 2.18. The average Bonchev–Trinajstić information content (AvgIpc) is 3.29. The van der Waals surface area contributed by atoms with Crippen molar-refractivity contribution < 1.29 is 4.79 Å². The van der Waals surface area contributed by atoms with Crippen LogP contribution in [0.25, 0.3) is 0 Å². The number of guanidine groups is 1. The van der Waals surface area contributed by atoms with Crippen LogP contribution in [0.3, 0.4) is 0 Å². The van der Waals surface area contributed by atoms with Crippen molar-refractivity contribution in [3.63, 3.8) is 0 Å². The van der Waals surface area contributed by atoms with Gasteiger partial charge >= 0.3 is 0 Å². The van der Waals surface area contributed by atoms with Gasteiger partial charge in [0.2, 0.25) is 5.91 Å². The molecule has 0 aromatic heterocycles. The molecule has 0 aliphatic heterocycles. The van der Waals surface area contributed by atoms with Crippen LogP contribution in [0.5, 0.6) is 0 Å². The van der Waals surface area contributed by atoms with E-state index in [-0.39, 0.29) is 5.91 Å². The molecule has 0 bridgehead atoms. The monoisotopic (exact) mass is 274 g/mol. The van der Waals surface area contributed by atoms with Gasteiger partial charge in [-0.05, 0) is 18.4 Å². The summed E-state index contributed by atoms with van der Waals surface area (Å²) >= 11 is 0. The van der Waals surface area contributed by atoms with E-state index < -0.39 is 0 Å². The molecular weight excluding hydrogens is 252 g/mol. The first kappa shape index (κ1) is 14.4. The summed E-state index contributed by atoms with van der Waals surface area (Å²) < 4.78 is 0. The van der Waals surface area contributed by atoms with Gasteiger partial charge in [-0.2, -0.15) is 0 Å². The molecular formula is C15H22N4O. The van der Waals surface area contributed by atoms with Gasteiger partial charge in [0.05, 0.1) is 0 Å². The summed E-state index contributed by atoms with van der Waals surface area (Å²) in [5.74, 6) is 0.826. The number of aliphatic imine (C=N–C) groups is 1. The van der Waals surface area contributed by atoms with Gasteiger partial charge < -0.3 is 16.0 Å². The zero-order valence-electron chi connectivity index (χ0n) is 11.9. The highest BCUT2D eigenvalue weighted by Gasteiger charge is 2.21. The van der Waals surface area contributed by atoms with Gasteiger partial charge in [-0.15, -0.1) is 0 Å². The van der Waals surface area contributed by atoms with Crippen molar-refractivity contribution in [3.8, 4) is 0 Å². The number of carbonyl (C=O) groups excluding carboxylic acids is 1. The molecule has 0 atom stereocenters. The van der Waals surface area contributed by atoms with Gasteiger partial charge in [0.1, 0.15) is 0 Å². The van der Waals surface area contributed by atoms with Crippen molar-refractivity contribution in [1.29, 1.82) is 0 Å². The lowest BCUT2D eigenvalue weighted by molar-refractivity contribution is -0.121. The second-order valence-electron chi connectivity index (χ2n) is 4.93. The third kappa shape index (κ3) is 5.30. The summed E-state index contributed by atoms with van der Waals surface area (Å²) in [5, 5.41) is 9.33. The van der Waals surface area contributed by atoms with Crippen LogP contribution in [-0.4, -0.2) is 31.5 Å². The maximum absolute atomic E-state index is 11.7. The number of carbonyl (C=O) groups is 1. The first-order chi connectivity index (χ1) is 9.78. The van der Waals surface area contributed by atoms with Crippen molar-refractivity contribution in [1.82, 2.24) is 16.0 Å². The third-order valence-corrected chi connectivity index (χ3v) is 3.12. The Morgan fingerprint density at radius 3 is 2.65 bits per heavy atom. The largest absolute Gasteiger partial charge is 0.356 e. The van der Waals surface area contributed by atoms with E-state index in [9.17, 15) is 4.79 Å². The predicted molar refractivity (Wildman–Crippen MR) is 80.4 cm³/mol. The second kappa shape index (κ2) is 7.53. The molecule has 1 amide bonds. The van der Waals surface area contributed by atoms with Crippen LogP contribution >= 0.6 is 0 Å². The van der Waals surface area contributed by atoms with E-state index >= 15 is 0 Å². The summed E-state index contributed by atoms with van der Waals surface area (Å²) in [4.78, 5) is 15.8. The van der Waals surface area contributed by atoms with Crippen LogP contribution in [0, 0.1) is 0 Å². The Morgan fingerprint density at radius 2 is 2.00 bits per heavy atom. The van der Waals surface area contributed by atoms with Crippen LogP contribution in [0.2, 0.25) is 0 Å². The highest BCUT2D eigenvalue weighted by molar-refractivity contribution is 5.81. The molecule has 1 saturated carbocycles. The Bertz CT molecular complexity index is 454. The summed E-state index contributed by atoms with van der Waals surface area (Å²) in [6.07, 6.45) is 2.86. The zero-order valence-corrected chi connectivity index (χ0v) is 11.9. The Balaban J connectivity index is 1.59. The van der Waals surface area contributed by atoms with Crippen LogP contribution in [0.4, 0.5) is 0 Å². The topological polar surface area (TPSA) is 65.5 Å². The number of rotatable bonds is 6. The SMILES string of the molecule is CN=C(NCCC(=O)NCc1ccccc1)NC1CC1. The summed E-state index contributed by atoms with van der Waals surface area (Å²) in [7, 11) is 1.74. The summed E-state index contributed by atoms with van der Waals surface area (Å²) in [6, 6.07) is 10.5. The first-order valence-electron chi connectivity index (χ1n) is 7.06. The molecule has 0 heterocycles. The van der Waals surface area contributed by atoms with E-state index in [1.807, 2.05) is 30.3 Å². The van der Waals surface area contributed by atoms with Gasteiger partial charge in [0, 0.05) is 32.6 Å². The van der Waals surface area contributed by atoms with Gasteiger partial charge in [0.25, 0.3) is 0 Å². The molecule has 1 aliphatic rings. The van der Waals surface area contributed by atoms with Crippen molar-refractivity contribution in [2.24, 2.45) is 4.99 Å². The molecule has 0 radical (unpaired) electrons. The minimum Gasteiger partial charge on any atom is -0.356 e. The van der Waals surface area contributed by atoms with Crippen LogP contribution in [-0.2, 0) is 11.3 Å². The van der Waals surface area contributed by atoms with Gasteiger partial charge in [-0.25, -0.2) is 0 Å². The Labute approximate surface area is 119 Å². The summed E-state index contributed by atoms with van der Waals surface area (Å²) in [6.45, 7) is 1.17. The molecule has 1 aliphatic carbocycles. The molecule has 0 unspecified atom stereocenters. The number of hydrogen-bond donors (Lipinski definition) is 3. The van der Waals surface area contributed by atoms with Crippen molar-refractivity contribution in [2.45, 2.75) is 31.8 Å². The molecule has 1 aromatic rings. The number of nitrogens with one attached hydrogen (secondary N) is 3. The molecule has 5 heteroatoms. The van der Waals surface area contributed by atoms with Crippen molar-refractivity contribution >= 4 is 11.9 Å². The van der Waals surface area contributed by atoms with Crippen LogP contribution in [0.1, 0.15) is 24.8 Å². The average molecular weight is 274 g/mol. The van der Waals surface area contributed by atoms with E-state index in [2.05, 4.69) is 20.9 Å². The fraction of sp³-hybridized carbons (Fsp3) is 0.467. The van der Waals surface area contributed by atoms with Gasteiger partial charge in [-0.3, -0.25) is 9.79 Å². The highest BCUT2D eigenvalue weighted by atomic mass is 16.1. The summed E-state index contributed by atoms with van der Waals surface area (Å²) in [5.41, 5.74) is 1.11. The second-order valence-corrected chi connectivity index (χ2v) is 4.93. The van der Waals surface area contributed by atoms with E-state index in [0.29, 0.717) is 25.6 Å². The lowest BCUT2D eigenvalue weighted by Gasteiger charge is -2.11. The quantitative estimate of drug-likeness (QED) is 0.536. The van der Waals surface area contributed by atoms with E-state index in [1.54, 1.807) is 7.05 Å². The molecule has 0 spiro atoms. The molecule has 108 valence electrons. The standard InChI is InChI=1S/C15H22N4O/c1-16-15(19-13-7-8-13)17-10-9-14(20)18-11-12-5-3-2-4-6-12/h2-6,13H,7-11H2,1H3,(H,18,20)(H2,16,17,19).